The molecule has 24 heavy (non-hydrogen) atoms. The average molecular weight is 353 g/mol. The SMILES string of the molecule is CCc1cc(=O)n(C)c(SC(CC)C(=O)NCCN2CCCC2)n1. The molecule has 1 aliphatic heterocycles. The van der Waals surface area contributed by atoms with Crippen LogP contribution in [0.15, 0.2) is 16.0 Å². The Kier molecular flexibility index (Phi) is 7.30. The van der Waals surface area contributed by atoms with Crippen molar-refractivity contribution < 1.29 is 4.79 Å². The highest BCUT2D eigenvalue weighted by Gasteiger charge is 2.21. The van der Waals surface area contributed by atoms with Gasteiger partial charge in [0.1, 0.15) is 0 Å². The Balaban J connectivity index is 1.94. The quantitative estimate of drug-likeness (QED) is 0.566. The van der Waals surface area contributed by atoms with E-state index in [1.807, 2.05) is 13.8 Å². The molecular formula is C17H28N4O2S. The van der Waals surface area contributed by atoms with E-state index in [4.69, 9.17) is 0 Å². The Bertz CT molecular complexity index is 611. The Morgan fingerprint density at radius 2 is 2.08 bits per heavy atom. The molecule has 1 amide bonds. The molecular weight excluding hydrogens is 324 g/mol. The van der Waals surface area contributed by atoms with Gasteiger partial charge in [0.05, 0.1) is 5.25 Å². The number of carbonyl (C=O) groups excluding carboxylic acids is 1. The zero-order valence-electron chi connectivity index (χ0n) is 14.9. The monoisotopic (exact) mass is 352 g/mol. The minimum Gasteiger partial charge on any atom is -0.354 e. The van der Waals surface area contributed by atoms with E-state index in [0.717, 1.165) is 25.3 Å². The number of thioether (sulfide) groups is 1. The largest absolute Gasteiger partial charge is 0.354 e. The smallest absolute Gasteiger partial charge is 0.254 e. The van der Waals surface area contributed by atoms with Gasteiger partial charge >= 0.3 is 0 Å². The summed E-state index contributed by atoms with van der Waals surface area (Å²) in [6, 6.07) is 1.56. The molecule has 2 heterocycles. The van der Waals surface area contributed by atoms with E-state index in [1.54, 1.807) is 13.1 Å². The third-order valence-corrected chi connectivity index (χ3v) is 5.75. The van der Waals surface area contributed by atoms with Gasteiger partial charge in [-0.2, -0.15) is 0 Å². The van der Waals surface area contributed by atoms with Crippen LogP contribution in [0, 0.1) is 0 Å². The van der Waals surface area contributed by atoms with Crippen LogP contribution in [0.2, 0.25) is 0 Å². The molecule has 1 aromatic rings. The van der Waals surface area contributed by atoms with Crippen LogP contribution in [0.3, 0.4) is 0 Å². The topological polar surface area (TPSA) is 67.2 Å². The molecule has 0 spiro atoms. The summed E-state index contributed by atoms with van der Waals surface area (Å²) in [5.41, 5.74) is 0.693. The first kappa shape index (κ1) is 19.0. The Labute approximate surface area is 148 Å². The summed E-state index contributed by atoms with van der Waals surface area (Å²) in [5, 5.41) is 3.41. The Hall–Kier alpha value is -1.34. The van der Waals surface area contributed by atoms with Crippen molar-refractivity contribution in [3.05, 3.63) is 22.1 Å². The van der Waals surface area contributed by atoms with E-state index >= 15 is 0 Å². The lowest BCUT2D eigenvalue weighted by Crippen LogP contribution is -2.38. The van der Waals surface area contributed by atoms with Crippen molar-refractivity contribution in [3.63, 3.8) is 0 Å². The van der Waals surface area contributed by atoms with Gasteiger partial charge in [0.15, 0.2) is 5.16 Å². The van der Waals surface area contributed by atoms with E-state index in [-0.39, 0.29) is 16.7 Å². The fourth-order valence-electron chi connectivity index (χ4n) is 2.76. The van der Waals surface area contributed by atoms with E-state index in [0.29, 0.717) is 24.5 Å². The minimum atomic E-state index is -0.228. The van der Waals surface area contributed by atoms with Crippen molar-refractivity contribution in [2.75, 3.05) is 26.2 Å². The molecule has 1 atom stereocenters. The maximum atomic E-state index is 12.4. The minimum absolute atomic E-state index is 0.0258. The van der Waals surface area contributed by atoms with Crippen molar-refractivity contribution in [1.82, 2.24) is 19.8 Å². The van der Waals surface area contributed by atoms with Crippen molar-refractivity contribution in [3.8, 4) is 0 Å². The number of nitrogens with one attached hydrogen (secondary N) is 1. The van der Waals surface area contributed by atoms with Crippen molar-refractivity contribution in [1.29, 1.82) is 0 Å². The van der Waals surface area contributed by atoms with Crippen molar-refractivity contribution in [2.45, 2.75) is 49.9 Å². The van der Waals surface area contributed by atoms with Crippen molar-refractivity contribution in [2.24, 2.45) is 7.05 Å². The molecule has 0 aromatic carbocycles. The maximum Gasteiger partial charge on any atom is 0.254 e. The summed E-state index contributed by atoms with van der Waals surface area (Å²) < 4.78 is 1.52. The van der Waals surface area contributed by atoms with E-state index in [9.17, 15) is 9.59 Å². The van der Waals surface area contributed by atoms with E-state index in [1.165, 1.54) is 29.2 Å². The predicted molar refractivity (Wildman–Crippen MR) is 97.5 cm³/mol. The van der Waals surface area contributed by atoms with Crippen LogP contribution in [-0.2, 0) is 18.3 Å². The standard InChI is InChI=1S/C17H28N4O2S/c1-4-13-12-15(22)20(3)17(19-13)24-14(5-2)16(23)18-8-11-21-9-6-7-10-21/h12,14H,4-11H2,1-3H3,(H,18,23). The lowest BCUT2D eigenvalue weighted by Gasteiger charge is -2.18. The average Bonchev–Trinajstić information content (AvgIpc) is 3.09. The molecule has 0 radical (unpaired) electrons. The summed E-state index contributed by atoms with van der Waals surface area (Å²) >= 11 is 1.38. The molecule has 1 fully saturated rings. The molecule has 1 aliphatic rings. The zero-order chi connectivity index (χ0) is 17.5. The molecule has 1 unspecified atom stereocenters. The Morgan fingerprint density at radius 3 is 2.71 bits per heavy atom. The molecule has 1 N–H and O–H groups in total. The third kappa shape index (κ3) is 5.08. The molecule has 0 saturated carbocycles. The second-order valence-corrected chi connectivity index (χ2v) is 7.31. The number of rotatable bonds is 8. The first-order valence-corrected chi connectivity index (χ1v) is 9.66. The fourth-order valence-corrected chi connectivity index (χ4v) is 3.79. The lowest BCUT2D eigenvalue weighted by molar-refractivity contribution is -0.120. The van der Waals surface area contributed by atoms with Crippen LogP contribution in [0.1, 0.15) is 38.8 Å². The number of aromatic nitrogens is 2. The van der Waals surface area contributed by atoms with Gasteiger partial charge in [0.2, 0.25) is 5.91 Å². The van der Waals surface area contributed by atoms with Crippen LogP contribution >= 0.6 is 11.8 Å². The summed E-state index contributed by atoms with van der Waals surface area (Å²) in [5.74, 6) is 0.0258. The molecule has 2 rings (SSSR count). The highest BCUT2D eigenvalue weighted by Crippen LogP contribution is 2.23. The summed E-state index contributed by atoms with van der Waals surface area (Å²) in [7, 11) is 1.70. The van der Waals surface area contributed by atoms with Gasteiger partial charge in [-0.1, -0.05) is 25.6 Å². The molecule has 7 heteroatoms. The second kappa shape index (κ2) is 9.22. The zero-order valence-corrected chi connectivity index (χ0v) is 15.7. The van der Waals surface area contributed by atoms with Gasteiger partial charge in [-0.25, -0.2) is 4.98 Å². The van der Waals surface area contributed by atoms with Gasteiger partial charge in [0, 0.05) is 31.9 Å². The first-order valence-electron chi connectivity index (χ1n) is 8.78. The number of aryl methyl sites for hydroxylation is 1. The number of nitrogens with zero attached hydrogens (tertiary/aromatic N) is 3. The third-order valence-electron chi connectivity index (χ3n) is 4.35. The molecule has 0 bridgehead atoms. The number of hydrogen-bond acceptors (Lipinski definition) is 5. The molecule has 0 aliphatic carbocycles. The van der Waals surface area contributed by atoms with Crippen LogP contribution in [-0.4, -0.2) is 51.8 Å². The molecule has 1 saturated heterocycles. The number of amides is 1. The number of likely N-dealkylation sites (tertiary alicyclic amines) is 1. The van der Waals surface area contributed by atoms with Gasteiger partial charge in [-0.05, 0) is 38.8 Å². The second-order valence-electron chi connectivity index (χ2n) is 6.14. The summed E-state index contributed by atoms with van der Waals surface area (Å²) in [6.07, 6.45) is 3.93. The normalized spacial score (nSPS) is 16.3. The molecule has 1 aromatic heterocycles. The molecule has 134 valence electrons. The molecule has 6 nitrogen and oxygen atoms in total. The van der Waals surface area contributed by atoms with Gasteiger partial charge in [-0.15, -0.1) is 0 Å². The summed E-state index contributed by atoms with van der Waals surface area (Å²) in [4.78, 5) is 31.3. The van der Waals surface area contributed by atoms with Crippen LogP contribution < -0.4 is 10.9 Å². The van der Waals surface area contributed by atoms with Crippen LogP contribution in [0.4, 0.5) is 0 Å². The van der Waals surface area contributed by atoms with Gasteiger partial charge < -0.3 is 10.2 Å². The lowest BCUT2D eigenvalue weighted by atomic mass is 10.3. The predicted octanol–water partition coefficient (Wildman–Crippen LogP) is 1.43. The fraction of sp³-hybridized carbons (Fsp3) is 0.706. The Morgan fingerprint density at radius 1 is 1.38 bits per heavy atom. The highest BCUT2D eigenvalue weighted by molar-refractivity contribution is 8.00. The van der Waals surface area contributed by atoms with Crippen molar-refractivity contribution >= 4 is 17.7 Å². The first-order chi connectivity index (χ1) is 11.5. The summed E-state index contributed by atoms with van der Waals surface area (Å²) in [6.45, 7) is 7.82. The number of hydrogen-bond donors (Lipinski definition) is 1. The van der Waals surface area contributed by atoms with E-state index < -0.39 is 0 Å². The van der Waals surface area contributed by atoms with Crippen LogP contribution in [0.5, 0.6) is 0 Å². The van der Waals surface area contributed by atoms with Gasteiger partial charge in [0.25, 0.3) is 5.56 Å². The highest BCUT2D eigenvalue weighted by atomic mass is 32.2. The van der Waals surface area contributed by atoms with E-state index in [2.05, 4.69) is 15.2 Å². The van der Waals surface area contributed by atoms with Gasteiger partial charge in [-0.3, -0.25) is 14.2 Å². The maximum absolute atomic E-state index is 12.4. The van der Waals surface area contributed by atoms with Crippen LogP contribution in [0.25, 0.3) is 0 Å². The number of carbonyl (C=O) groups is 1.